The third-order valence-electron chi connectivity index (χ3n) is 3.79. The van der Waals surface area contributed by atoms with Crippen LogP contribution >= 0.6 is 11.6 Å². The molecule has 0 fully saturated rings. The van der Waals surface area contributed by atoms with E-state index in [1.165, 1.54) is 11.1 Å². The van der Waals surface area contributed by atoms with Crippen LogP contribution < -0.4 is 10.2 Å². The van der Waals surface area contributed by atoms with Crippen molar-refractivity contribution in [3.63, 3.8) is 0 Å². The molecule has 0 saturated heterocycles. The zero-order chi connectivity index (χ0) is 17.5. The number of hydrazone groups is 1. The van der Waals surface area contributed by atoms with Crippen LogP contribution in [0.3, 0.4) is 0 Å². The van der Waals surface area contributed by atoms with Crippen molar-refractivity contribution in [2.45, 2.75) is 13.5 Å². The fourth-order valence-corrected chi connectivity index (χ4v) is 2.41. The molecule has 1 N–H and O–H groups in total. The van der Waals surface area contributed by atoms with Crippen LogP contribution in [-0.2, 0) is 6.61 Å². The van der Waals surface area contributed by atoms with E-state index in [0.717, 1.165) is 17.0 Å². The second-order valence-corrected chi connectivity index (χ2v) is 6.10. The minimum Gasteiger partial charge on any atom is -0.489 e. The second kappa shape index (κ2) is 8.36. The number of hydrogen-bond acceptors (Lipinski definition) is 3. The first-order valence-corrected chi connectivity index (χ1v) is 8.40. The van der Waals surface area contributed by atoms with Gasteiger partial charge in [0, 0.05) is 5.02 Å². The van der Waals surface area contributed by atoms with Gasteiger partial charge < -0.3 is 4.74 Å². The molecule has 0 spiro atoms. The molecule has 0 unspecified atom stereocenters. The Morgan fingerprint density at radius 1 is 0.960 bits per heavy atom. The fourth-order valence-electron chi connectivity index (χ4n) is 2.29. The molecule has 0 atom stereocenters. The van der Waals surface area contributed by atoms with E-state index in [4.69, 9.17) is 16.3 Å². The smallest absolute Gasteiger partial charge is 0.119 e. The van der Waals surface area contributed by atoms with Gasteiger partial charge in [0.2, 0.25) is 0 Å². The molecule has 0 saturated carbocycles. The number of aryl methyl sites for hydroxylation is 1. The number of halogens is 1. The largest absolute Gasteiger partial charge is 0.489 e. The first-order chi connectivity index (χ1) is 12.2. The van der Waals surface area contributed by atoms with Crippen LogP contribution in [0.4, 0.5) is 5.69 Å². The highest BCUT2D eigenvalue weighted by molar-refractivity contribution is 6.30. The molecule has 0 aliphatic rings. The van der Waals surface area contributed by atoms with Gasteiger partial charge in [-0.3, -0.25) is 5.43 Å². The lowest BCUT2D eigenvalue weighted by Gasteiger charge is -2.08. The minimum atomic E-state index is 0.568. The van der Waals surface area contributed by atoms with Crippen LogP contribution in [0.25, 0.3) is 0 Å². The second-order valence-electron chi connectivity index (χ2n) is 5.66. The van der Waals surface area contributed by atoms with Gasteiger partial charge in [-0.1, -0.05) is 35.9 Å². The lowest BCUT2D eigenvalue weighted by Crippen LogP contribution is -1.97. The Morgan fingerprint density at radius 3 is 2.40 bits per heavy atom. The highest BCUT2D eigenvalue weighted by atomic mass is 35.5. The number of nitrogens with zero attached hydrogens (tertiary/aromatic N) is 1. The van der Waals surface area contributed by atoms with Crippen LogP contribution in [0, 0.1) is 6.92 Å². The van der Waals surface area contributed by atoms with Gasteiger partial charge in [0.25, 0.3) is 0 Å². The summed E-state index contributed by atoms with van der Waals surface area (Å²) in [6.07, 6.45) is 1.76. The van der Waals surface area contributed by atoms with Crippen molar-refractivity contribution in [3.05, 3.63) is 94.5 Å². The lowest BCUT2D eigenvalue weighted by atomic mass is 10.1. The van der Waals surface area contributed by atoms with Crippen LogP contribution in [0.2, 0.25) is 5.02 Å². The van der Waals surface area contributed by atoms with Gasteiger partial charge >= 0.3 is 0 Å². The maximum Gasteiger partial charge on any atom is 0.119 e. The van der Waals surface area contributed by atoms with E-state index in [-0.39, 0.29) is 0 Å². The minimum absolute atomic E-state index is 0.568. The average molecular weight is 351 g/mol. The summed E-state index contributed by atoms with van der Waals surface area (Å²) in [6.45, 7) is 2.66. The zero-order valence-corrected chi connectivity index (χ0v) is 14.7. The molecule has 0 heterocycles. The Hall–Kier alpha value is -2.78. The van der Waals surface area contributed by atoms with Gasteiger partial charge in [-0.25, -0.2) is 0 Å². The summed E-state index contributed by atoms with van der Waals surface area (Å²) in [6, 6.07) is 23.5. The maximum absolute atomic E-state index is 5.85. The number of rotatable bonds is 6. The lowest BCUT2D eigenvalue weighted by molar-refractivity contribution is 0.305. The van der Waals surface area contributed by atoms with E-state index in [1.807, 2.05) is 60.7 Å². The highest BCUT2D eigenvalue weighted by Crippen LogP contribution is 2.16. The van der Waals surface area contributed by atoms with Gasteiger partial charge in [0.05, 0.1) is 11.9 Å². The first-order valence-electron chi connectivity index (χ1n) is 8.03. The molecule has 0 amide bonds. The number of ether oxygens (including phenoxy) is 1. The molecule has 3 nitrogen and oxygen atoms in total. The van der Waals surface area contributed by atoms with Crippen molar-refractivity contribution >= 4 is 23.5 Å². The van der Waals surface area contributed by atoms with Crippen molar-refractivity contribution in [3.8, 4) is 5.75 Å². The van der Waals surface area contributed by atoms with Crippen LogP contribution in [0.5, 0.6) is 5.75 Å². The van der Waals surface area contributed by atoms with Crippen LogP contribution in [0.1, 0.15) is 16.7 Å². The molecule has 0 aliphatic heterocycles. The Bertz CT molecular complexity index is 843. The van der Waals surface area contributed by atoms with E-state index in [9.17, 15) is 0 Å². The molecule has 0 aromatic heterocycles. The van der Waals surface area contributed by atoms with E-state index in [2.05, 4.69) is 29.6 Å². The van der Waals surface area contributed by atoms with Gasteiger partial charge in [0.15, 0.2) is 0 Å². The van der Waals surface area contributed by atoms with Crippen molar-refractivity contribution in [2.75, 3.05) is 5.43 Å². The number of anilines is 1. The Morgan fingerprint density at radius 2 is 1.68 bits per heavy atom. The van der Waals surface area contributed by atoms with Crippen LogP contribution in [-0.4, -0.2) is 6.21 Å². The molecule has 25 heavy (non-hydrogen) atoms. The SMILES string of the molecule is Cc1ccccc1COc1ccc(C=NNc2ccc(Cl)cc2)cc1. The molecular weight excluding hydrogens is 332 g/mol. The standard InChI is InChI=1S/C21H19ClN2O/c1-16-4-2-3-5-18(16)15-25-21-12-6-17(7-13-21)14-23-24-20-10-8-19(22)9-11-20/h2-14,24H,15H2,1H3. The summed E-state index contributed by atoms with van der Waals surface area (Å²) < 4.78 is 5.84. The number of nitrogens with one attached hydrogen (secondary N) is 1. The van der Waals surface area contributed by atoms with E-state index >= 15 is 0 Å². The summed E-state index contributed by atoms with van der Waals surface area (Å²) >= 11 is 5.85. The molecule has 3 aromatic rings. The normalized spacial score (nSPS) is 10.8. The molecule has 126 valence electrons. The first kappa shape index (κ1) is 17.1. The van der Waals surface area contributed by atoms with Crippen molar-refractivity contribution in [2.24, 2.45) is 5.10 Å². The summed E-state index contributed by atoms with van der Waals surface area (Å²) in [7, 11) is 0. The topological polar surface area (TPSA) is 33.6 Å². The Kier molecular flexibility index (Phi) is 5.70. The summed E-state index contributed by atoms with van der Waals surface area (Å²) in [5.74, 6) is 0.839. The number of hydrogen-bond donors (Lipinski definition) is 1. The van der Waals surface area contributed by atoms with Crippen LogP contribution in [0.15, 0.2) is 77.9 Å². The third-order valence-corrected chi connectivity index (χ3v) is 4.04. The molecule has 3 rings (SSSR count). The average Bonchev–Trinajstić information content (AvgIpc) is 2.64. The molecule has 0 aliphatic carbocycles. The fraction of sp³-hybridized carbons (Fsp3) is 0.0952. The molecular formula is C21H19ClN2O. The summed E-state index contributed by atoms with van der Waals surface area (Å²) in [5, 5.41) is 4.92. The monoisotopic (exact) mass is 350 g/mol. The van der Waals surface area contributed by atoms with E-state index in [0.29, 0.717) is 11.6 Å². The van der Waals surface area contributed by atoms with E-state index < -0.39 is 0 Å². The van der Waals surface area contributed by atoms with Gasteiger partial charge in [0.1, 0.15) is 12.4 Å². The molecule has 4 heteroatoms. The Balaban J connectivity index is 1.54. The van der Waals surface area contributed by atoms with Crippen molar-refractivity contribution in [1.82, 2.24) is 0 Å². The Labute approximate surface area is 152 Å². The molecule has 0 radical (unpaired) electrons. The molecule has 0 bridgehead atoms. The summed E-state index contributed by atoms with van der Waals surface area (Å²) in [5.41, 5.74) is 7.28. The zero-order valence-electron chi connectivity index (χ0n) is 13.9. The van der Waals surface area contributed by atoms with Gasteiger partial charge in [-0.05, 0) is 72.1 Å². The highest BCUT2D eigenvalue weighted by Gasteiger charge is 1.99. The molecule has 3 aromatic carbocycles. The van der Waals surface area contributed by atoms with Gasteiger partial charge in [-0.2, -0.15) is 5.10 Å². The quantitative estimate of drug-likeness (QED) is 0.458. The maximum atomic E-state index is 5.85. The van der Waals surface area contributed by atoms with E-state index in [1.54, 1.807) is 6.21 Å². The summed E-state index contributed by atoms with van der Waals surface area (Å²) in [4.78, 5) is 0. The predicted octanol–water partition coefficient (Wildman–Crippen LogP) is 5.67. The predicted molar refractivity (Wildman–Crippen MR) is 105 cm³/mol. The van der Waals surface area contributed by atoms with Gasteiger partial charge in [-0.15, -0.1) is 0 Å². The number of benzene rings is 3. The van der Waals surface area contributed by atoms with Crippen molar-refractivity contribution in [1.29, 1.82) is 0 Å². The van der Waals surface area contributed by atoms with Crippen molar-refractivity contribution < 1.29 is 4.74 Å². The third kappa shape index (κ3) is 5.10.